The normalized spacial score (nSPS) is 12.5. The van der Waals surface area contributed by atoms with Gasteiger partial charge >= 0.3 is 0 Å². The highest BCUT2D eigenvalue weighted by molar-refractivity contribution is 4.71. The van der Waals surface area contributed by atoms with E-state index in [1.54, 1.807) is 0 Å². The molecule has 0 aliphatic rings. The average molecular weight is 656 g/mol. The SMILES string of the molecule is CCCNCCN(CCC)CCN(CCN(C)CCC)CCN(C)CCN(CCC)CCN(CCNCCC)CCN(C)CCC. The lowest BCUT2D eigenvalue weighted by molar-refractivity contribution is 0.154. The van der Waals surface area contributed by atoms with Crippen LogP contribution in [0.3, 0.4) is 0 Å². The summed E-state index contributed by atoms with van der Waals surface area (Å²) in [6, 6.07) is 0. The second kappa shape index (κ2) is 33.2. The van der Waals surface area contributed by atoms with Gasteiger partial charge in [-0.25, -0.2) is 0 Å². The maximum Gasteiger partial charge on any atom is 0.0110 e. The van der Waals surface area contributed by atoms with Crippen molar-refractivity contribution in [1.29, 1.82) is 0 Å². The van der Waals surface area contributed by atoms with Gasteiger partial charge in [0.25, 0.3) is 0 Å². The van der Waals surface area contributed by atoms with Gasteiger partial charge in [-0.05, 0) is 98.9 Å². The summed E-state index contributed by atoms with van der Waals surface area (Å²) in [6.45, 7) is 39.2. The van der Waals surface area contributed by atoms with Crippen molar-refractivity contribution in [1.82, 2.24) is 44.9 Å². The molecule has 0 bridgehead atoms. The van der Waals surface area contributed by atoms with E-state index in [1.807, 2.05) is 0 Å². The molecule has 9 nitrogen and oxygen atoms in total. The van der Waals surface area contributed by atoms with E-state index >= 15 is 0 Å². The molecule has 0 fully saturated rings. The first-order chi connectivity index (χ1) is 22.3. The first-order valence-corrected chi connectivity index (χ1v) is 19.7. The minimum Gasteiger partial charge on any atom is -0.315 e. The smallest absolute Gasteiger partial charge is 0.0110 e. The molecule has 0 unspecified atom stereocenters. The van der Waals surface area contributed by atoms with Gasteiger partial charge in [-0.2, -0.15) is 0 Å². The lowest BCUT2D eigenvalue weighted by Gasteiger charge is -2.32. The number of rotatable bonds is 36. The van der Waals surface area contributed by atoms with Crippen LogP contribution in [0.25, 0.3) is 0 Å². The van der Waals surface area contributed by atoms with Crippen LogP contribution in [0.4, 0.5) is 0 Å². The second-order valence-electron chi connectivity index (χ2n) is 13.8. The van der Waals surface area contributed by atoms with Crippen molar-refractivity contribution in [3.05, 3.63) is 0 Å². The number of nitrogens with one attached hydrogen (secondary N) is 2. The summed E-state index contributed by atoms with van der Waals surface area (Å²) in [6.07, 6.45) is 7.33. The molecule has 0 atom stereocenters. The van der Waals surface area contributed by atoms with E-state index in [0.717, 1.165) is 85.1 Å². The Hall–Kier alpha value is -0.360. The minimum atomic E-state index is 1.10. The molecule has 0 heterocycles. The summed E-state index contributed by atoms with van der Waals surface area (Å²) >= 11 is 0. The van der Waals surface area contributed by atoms with Gasteiger partial charge in [0.2, 0.25) is 0 Å². The van der Waals surface area contributed by atoms with Crippen LogP contribution in [0, 0.1) is 0 Å². The maximum absolute atomic E-state index is 3.62. The predicted molar refractivity (Wildman–Crippen MR) is 206 cm³/mol. The first kappa shape index (κ1) is 45.6. The van der Waals surface area contributed by atoms with Crippen LogP contribution in [0.2, 0.25) is 0 Å². The summed E-state index contributed by atoms with van der Waals surface area (Å²) in [5.41, 5.74) is 0. The molecule has 0 amide bonds. The summed E-state index contributed by atoms with van der Waals surface area (Å²) in [5, 5.41) is 7.22. The zero-order valence-electron chi connectivity index (χ0n) is 32.9. The fraction of sp³-hybridized carbons (Fsp3) is 1.00. The quantitative estimate of drug-likeness (QED) is 0.0987. The van der Waals surface area contributed by atoms with Crippen LogP contribution in [-0.4, -0.2) is 199 Å². The fourth-order valence-electron chi connectivity index (χ4n) is 5.97. The third-order valence-corrected chi connectivity index (χ3v) is 9.01. The first-order valence-electron chi connectivity index (χ1n) is 19.7. The second-order valence-corrected chi connectivity index (χ2v) is 13.8. The van der Waals surface area contributed by atoms with E-state index in [2.05, 4.69) is 108 Å². The molecule has 0 rings (SSSR count). The standard InChI is InChI=1S/C37H85N9/c1-10-16-38-18-24-43(22-14-5)34-37-46(32-27-41(8)21-13-4)33-29-42(9)28-30-44(23-15-6)35-36-45(25-19-39-17-11-2)31-26-40(7)20-12-3/h38-39H,10-37H2,1-9H3. The van der Waals surface area contributed by atoms with E-state index in [-0.39, 0.29) is 0 Å². The van der Waals surface area contributed by atoms with Gasteiger partial charge in [0.05, 0.1) is 0 Å². The molecule has 0 saturated carbocycles. The number of nitrogens with zero attached hydrogens (tertiary/aromatic N) is 7. The Morgan fingerprint density at radius 2 is 0.522 bits per heavy atom. The van der Waals surface area contributed by atoms with Crippen molar-refractivity contribution in [3.8, 4) is 0 Å². The van der Waals surface area contributed by atoms with E-state index < -0.39 is 0 Å². The zero-order chi connectivity index (χ0) is 34.3. The molecule has 0 radical (unpaired) electrons. The highest BCUT2D eigenvalue weighted by atomic mass is 15.3. The minimum absolute atomic E-state index is 1.10. The molecule has 0 aliphatic heterocycles. The van der Waals surface area contributed by atoms with Gasteiger partial charge in [0, 0.05) is 105 Å². The third kappa shape index (κ3) is 27.6. The fourth-order valence-corrected chi connectivity index (χ4v) is 5.97. The molecule has 0 aliphatic carbocycles. The zero-order valence-corrected chi connectivity index (χ0v) is 32.9. The molecule has 278 valence electrons. The van der Waals surface area contributed by atoms with Crippen molar-refractivity contribution in [2.75, 3.05) is 165 Å². The van der Waals surface area contributed by atoms with E-state index in [4.69, 9.17) is 0 Å². The van der Waals surface area contributed by atoms with Gasteiger partial charge in [0.15, 0.2) is 0 Å². The molecule has 0 spiro atoms. The number of hydrogen-bond donors (Lipinski definition) is 2. The average Bonchev–Trinajstić information content (AvgIpc) is 3.04. The van der Waals surface area contributed by atoms with Crippen molar-refractivity contribution >= 4 is 0 Å². The molecule has 0 aromatic rings. The van der Waals surface area contributed by atoms with Crippen LogP contribution in [-0.2, 0) is 0 Å². The van der Waals surface area contributed by atoms with Crippen molar-refractivity contribution in [2.45, 2.75) is 80.1 Å². The summed E-state index contributed by atoms with van der Waals surface area (Å²) in [7, 11) is 6.89. The predicted octanol–water partition coefficient (Wildman–Crippen LogP) is 3.63. The molecule has 0 saturated heterocycles. The Morgan fingerprint density at radius 1 is 0.261 bits per heavy atom. The van der Waals surface area contributed by atoms with Crippen molar-refractivity contribution < 1.29 is 0 Å². The lowest BCUT2D eigenvalue weighted by Crippen LogP contribution is -2.45. The molecule has 0 aromatic carbocycles. The summed E-state index contributed by atoms with van der Waals surface area (Å²) in [4.78, 5) is 18.4. The third-order valence-electron chi connectivity index (χ3n) is 9.01. The Kier molecular flexibility index (Phi) is 32.9. The summed E-state index contributed by atoms with van der Waals surface area (Å²) < 4.78 is 0. The highest BCUT2D eigenvalue weighted by Gasteiger charge is 2.14. The van der Waals surface area contributed by atoms with E-state index in [9.17, 15) is 0 Å². The van der Waals surface area contributed by atoms with E-state index in [0.29, 0.717) is 0 Å². The van der Waals surface area contributed by atoms with E-state index in [1.165, 1.54) is 97.4 Å². The number of likely N-dealkylation sites (N-methyl/N-ethyl adjacent to an activating group) is 3. The van der Waals surface area contributed by atoms with Gasteiger partial charge < -0.3 is 35.1 Å². The number of hydrogen-bond acceptors (Lipinski definition) is 9. The van der Waals surface area contributed by atoms with Crippen LogP contribution < -0.4 is 10.6 Å². The maximum atomic E-state index is 3.62. The highest BCUT2D eigenvalue weighted by Crippen LogP contribution is 2.01. The molecule has 0 aromatic heterocycles. The van der Waals surface area contributed by atoms with Crippen LogP contribution >= 0.6 is 0 Å². The molecule has 2 N–H and O–H groups in total. The lowest BCUT2D eigenvalue weighted by atomic mass is 10.3. The largest absolute Gasteiger partial charge is 0.315 e. The van der Waals surface area contributed by atoms with Crippen LogP contribution in [0.15, 0.2) is 0 Å². The van der Waals surface area contributed by atoms with Gasteiger partial charge in [-0.15, -0.1) is 0 Å². The van der Waals surface area contributed by atoms with Gasteiger partial charge in [0.1, 0.15) is 0 Å². The van der Waals surface area contributed by atoms with Gasteiger partial charge in [-0.3, -0.25) is 9.80 Å². The van der Waals surface area contributed by atoms with Crippen molar-refractivity contribution in [3.63, 3.8) is 0 Å². The Labute approximate surface area is 289 Å². The van der Waals surface area contributed by atoms with Crippen LogP contribution in [0.5, 0.6) is 0 Å². The van der Waals surface area contributed by atoms with Crippen molar-refractivity contribution in [2.24, 2.45) is 0 Å². The Bertz CT molecular complexity index is 611. The van der Waals surface area contributed by atoms with Gasteiger partial charge in [-0.1, -0.05) is 41.5 Å². The molecule has 9 heteroatoms. The molecular formula is C37H85N9. The molecular weight excluding hydrogens is 570 g/mol. The monoisotopic (exact) mass is 656 g/mol. The Balaban J connectivity index is 4.96. The van der Waals surface area contributed by atoms with Crippen LogP contribution in [0.1, 0.15) is 80.1 Å². The Morgan fingerprint density at radius 3 is 0.848 bits per heavy atom. The summed E-state index contributed by atoms with van der Waals surface area (Å²) in [5.74, 6) is 0. The topological polar surface area (TPSA) is 46.7 Å². The molecule has 46 heavy (non-hydrogen) atoms.